The van der Waals surface area contributed by atoms with Gasteiger partial charge in [-0.25, -0.2) is 4.68 Å². The molecule has 1 aromatic heterocycles. The van der Waals surface area contributed by atoms with Crippen LogP contribution in [0.2, 0.25) is 0 Å². The second-order valence-electron chi connectivity index (χ2n) is 7.47. The van der Waals surface area contributed by atoms with Gasteiger partial charge in [0, 0.05) is 24.5 Å². The molecule has 1 amide bonds. The standard InChI is InChI=1S/C21H29N3O3/c1-15(2)12-20(25)22-19-14-18(17-8-6-5-7-9-17)23-24(19)10-11-27-21(26)13-16(3)4/h5-9,14-16H,10-13H2,1-4H3,(H,22,25). The molecule has 146 valence electrons. The van der Waals surface area contributed by atoms with Crippen molar-refractivity contribution in [1.82, 2.24) is 9.78 Å². The highest BCUT2D eigenvalue weighted by atomic mass is 16.5. The van der Waals surface area contributed by atoms with Gasteiger partial charge in [0.05, 0.1) is 12.2 Å². The van der Waals surface area contributed by atoms with E-state index in [9.17, 15) is 9.59 Å². The molecule has 1 N–H and O–H groups in total. The second-order valence-corrected chi connectivity index (χ2v) is 7.47. The van der Waals surface area contributed by atoms with Crippen molar-refractivity contribution in [3.05, 3.63) is 36.4 Å². The first-order valence-corrected chi connectivity index (χ1v) is 9.44. The fraction of sp³-hybridized carbons (Fsp3) is 0.476. The van der Waals surface area contributed by atoms with Gasteiger partial charge in [0.25, 0.3) is 0 Å². The third kappa shape index (κ3) is 6.89. The van der Waals surface area contributed by atoms with Gasteiger partial charge < -0.3 is 10.1 Å². The second kappa shape index (κ2) is 9.90. The number of esters is 1. The van der Waals surface area contributed by atoms with E-state index in [0.29, 0.717) is 25.2 Å². The Morgan fingerprint density at radius 2 is 1.74 bits per heavy atom. The lowest BCUT2D eigenvalue weighted by Crippen LogP contribution is -2.19. The van der Waals surface area contributed by atoms with Crippen molar-refractivity contribution in [3.8, 4) is 11.3 Å². The molecular weight excluding hydrogens is 342 g/mol. The van der Waals surface area contributed by atoms with E-state index >= 15 is 0 Å². The minimum absolute atomic E-state index is 0.0532. The molecular formula is C21H29N3O3. The van der Waals surface area contributed by atoms with E-state index in [4.69, 9.17) is 4.74 Å². The summed E-state index contributed by atoms with van der Waals surface area (Å²) in [7, 11) is 0. The van der Waals surface area contributed by atoms with Crippen LogP contribution in [0, 0.1) is 11.8 Å². The SMILES string of the molecule is CC(C)CC(=O)Nc1cc(-c2ccccc2)nn1CCOC(=O)CC(C)C. The van der Waals surface area contributed by atoms with Crippen LogP contribution in [0.3, 0.4) is 0 Å². The van der Waals surface area contributed by atoms with Crippen molar-refractivity contribution in [1.29, 1.82) is 0 Å². The van der Waals surface area contributed by atoms with Crippen molar-refractivity contribution in [2.75, 3.05) is 11.9 Å². The Labute approximate surface area is 160 Å². The van der Waals surface area contributed by atoms with Gasteiger partial charge >= 0.3 is 5.97 Å². The van der Waals surface area contributed by atoms with Crippen LogP contribution in [-0.2, 0) is 20.9 Å². The lowest BCUT2D eigenvalue weighted by atomic mass is 10.1. The molecule has 6 nitrogen and oxygen atoms in total. The minimum atomic E-state index is -0.217. The number of amides is 1. The molecule has 2 rings (SSSR count). The Bertz CT molecular complexity index is 751. The van der Waals surface area contributed by atoms with Crippen LogP contribution in [0.1, 0.15) is 40.5 Å². The summed E-state index contributed by atoms with van der Waals surface area (Å²) in [5.74, 6) is 0.873. The van der Waals surface area contributed by atoms with Gasteiger partial charge in [0.15, 0.2) is 0 Å². The zero-order valence-electron chi connectivity index (χ0n) is 16.6. The molecule has 6 heteroatoms. The van der Waals surface area contributed by atoms with Crippen molar-refractivity contribution in [2.45, 2.75) is 47.1 Å². The summed E-state index contributed by atoms with van der Waals surface area (Å²) in [4.78, 5) is 23.9. The monoisotopic (exact) mass is 371 g/mol. The van der Waals surface area contributed by atoms with Crippen LogP contribution in [0.25, 0.3) is 11.3 Å². The van der Waals surface area contributed by atoms with Crippen LogP contribution in [0.5, 0.6) is 0 Å². The number of carbonyl (C=O) groups is 2. The number of rotatable bonds is 9. The predicted molar refractivity (Wildman–Crippen MR) is 106 cm³/mol. The van der Waals surface area contributed by atoms with Crippen molar-refractivity contribution < 1.29 is 14.3 Å². The number of aromatic nitrogens is 2. The number of nitrogens with one attached hydrogen (secondary N) is 1. The first kappa shape index (κ1) is 20.7. The van der Waals surface area contributed by atoms with Crippen LogP contribution < -0.4 is 5.32 Å². The summed E-state index contributed by atoms with van der Waals surface area (Å²) in [6.45, 7) is 8.55. The first-order chi connectivity index (χ1) is 12.8. The molecule has 1 aromatic carbocycles. The lowest BCUT2D eigenvalue weighted by molar-refractivity contribution is -0.144. The Balaban J connectivity index is 2.11. The average molecular weight is 371 g/mol. The maximum atomic E-state index is 12.2. The van der Waals surface area contributed by atoms with E-state index < -0.39 is 0 Å². The van der Waals surface area contributed by atoms with Gasteiger partial charge in [-0.15, -0.1) is 0 Å². The quantitative estimate of drug-likeness (QED) is 0.673. The van der Waals surface area contributed by atoms with E-state index in [1.54, 1.807) is 4.68 Å². The van der Waals surface area contributed by atoms with Gasteiger partial charge in [-0.05, 0) is 11.8 Å². The van der Waals surface area contributed by atoms with E-state index in [-0.39, 0.29) is 30.3 Å². The topological polar surface area (TPSA) is 73.2 Å². The number of benzene rings is 1. The zero-order valence-corrected chi connectivity index (χ0v) is 16.6. The lowest BCUT2D eigenvalue weighted by Gasteiger charge is -2.11. The molecule has 0 saturated carbocycles. The van der Waals surface area contributed by atoms with Gasteiger partial charge in [0.2, 0.25) is 5.91 Å². The number of nitrogens with zero attached hydrogens (tertiary/aromatic N) is 2. The van der Waals surface area contributed by atoms with E-state index in [1.165, 1.54) is 0 Å². The molecule has 0 spiro atoms. The number of carbonyl (C=O) groups excluding carboxylic acids is 2. The molecule has 0 aliphatic heterocycles. The third-order valence-corrected chi connectivity index (χ3v) is 3.85. The molecule has 0 radical (unpaired) electrons. The maximum Gasteiger partial charge on any atom is 0.306 e. The summed E-state index contributed by atoms with van der Waals surface area (Å²) in [5.41, 5.74) is 1.73. The predicted octanol–water partition coefficient (Wildman–Crippen LogP) is 4.12. The number of anilines is 1. The normalized spacial score (nSPS) is 11.0. The fourth-order valence-corrected chi connectivity index (χ4v) is 2.64. The van der Waals surface area contributed by atoms with E-state index in [1.807, 2.05) is 64.1 Å². The molecule has 0 saturated heterocycles. The van der Waals surface area contributed by atoms with Crippen LogP contribution in [0.15, 0.2) is 36.4 Å². The molecule has 0 unspecified atom stereocenters. The molecule has 0 aliphatic rings. The molecule has 0 bridgehead atoms. The molecule has 2 aromatic rings. The van der Waals surface area contributed by atoms with Gasteiger partial charge in [0.1, 0.15) is 12.4 Å². The first-order valence-electron chi connectivity index (χ1n) is 9.44. The van der Waals surface area contributed by atoms with Crippen molar-refractivity contribution in [3.63, 3.8) is 0 Å². The number of hydrogen-bond acceptors (Lipinski definition) is 4. The molecule has 0 atom stereocenters. The Morgan fingerprint density at radius 1 is 1.07 bits per heavy atom. The van der Waals surface area contributed by atoms with Gasteiger partial charge in [-0.2, -0.15) is 5.10 Å². The van der Waals surface area contributed by atoms with E-state index in [0.717, 1.165) is 11.3 Å². The smallest absolute Gasteiger partial charge is 0.306 e. The average Bonchev–Trinajstić information content (AvgIpc) is 2.97. The number of hydrogen-bond donors (Lipinski definition) is 1. The highest BCUT2D eigenvalue weighted by Gasteiger charge is 2.14. The minimum Gasteiger partial charge on any atom is -0.464 e. The molecule has 0 aliphatic carbocycles. The summed E-state index contributed by atoms with van der Waals surface area (Å²) in [5, 5.41) is 7.50. The van der Waals surface area contributed by atoms with Crippen LogP contribution in [-0.4, -0.2) is 28.3 Å². The molecule has 27 heavy (non-hydrogen) atoms. The largest absolute Gasteiger partial charge is 0.464 e. The highest BCUT2D eigenvalue weighted by molar-refractivity contribution is 5.90. The van der Waals surface area contributed by atoms with Crippen LogP contribution >= 0.6 is 0 Å². The summed E-state index contributed by atoms with van der Waals surface area (Å²) in [6.07, 6.45) is 0.835. The summed E-state index contributed by atoms with van der Waals surface area (Å²) < 4.78 is 6.97. The molecule has 0 fully saturated rings. The molecule has 1 heterocycles. The van der Waals surface area contributed by atoms with Gasteiger partial charge in [-0.1, -0.05) is 58.0 Å². The van der Waals surface area contributed by atoms with Gasteiger partial charge in [-0.3, -0.25) is 9.59 Å². The zero-order chi connectivity index (χ0) is 19.8. The van der Waals surface area contributed by atoms with Crippen molar-refractivity contribution in [2.24, 2.45) is 11.8 Å². The fourth-order valence-electron chi connectivity index (χ4n) is 2.64. The third-order valence-electron chi connectivity index (χ3n) is 3.85. The maximum absolute atomic E-state index is 12.2. The number of ether oxygens (including phenoxy) is 1. The Kier molecular flexibility index (Phi) is 7.58. The van der Waals surface area contributed by atoms with Crippen LogP contribution in [0.4, 0.5) is 5.82 Å². The highest BCUT2D eigenvalue weighted by Crippen LogP contribution is 2.22. The Morgan fingerprint density at radius 3 is 2.37 bits per heavy atom. The van der Waals surface area contributed by atoms with E-state index in [2.05, 4.69) is 10.4 Å². The Hall–Kier alpha value is -2.63. The summed E-state index contributed by atoms with van der Waals surface area (Å²) >= 11 is 0. The summed E-state index contributed by atoms with van der Waals surface area (Å²) in [6, 6.07) is 11.6. The van der Waals surface area contributed by atoms with Crippen molar-refractivity contribution >= 4 is 17.7 Å².